The lowest BCUT2D eigenvalue weighted by Gasteiger charge is -2.36. The Morgan fingerprint density at radius 1 is 0.848 bits per heavy atom. The number of benzene rings is 2. The highest BCUT2D eigenvalue weighted by atomic mass is 32.2. The molecule has 1 atom stereocenters. The Bertz CT molecular complexity index is 1120. The van der Waals surface area contributed by atoms with Gasteiger partial charge in [0.25, 0.3) is 11.8 Å². The van der Waals surface area contributed by atoms with Crippen LogP contribution in [0.3, 0.4) is 0 Å². The van der Waals surface area contributed by atoms with Crippen LogP contribution in [0.1, 0.15) is 34.8 Å². The van der Waals surface area contributed by atoms with Gasteiger partial charge in [-0.25, -0.2) is 8.42 Å². The monoisotopic (exact) mass is 471 g/mol. The second-order valence-electron chi connectivity index (χ2n) is 8.14. The van der Waals surface area contributed by atoms with Crippen molar-refractivity contribution in [2.24, 2.45) is 0 Å². The van der Waals surface area contributed by atoms with Gasteiger partial charge in [0.15, 0.2) is 0 Å². The van der Waals surface area contributed by atoms with Crippen molar-refractivity contribution in [2.45, 2.75) is 37.5 Å². The van der Waals surface area contributed by atoms with Crippen LogP contribution in [-0.4, -0.2) is 67.5 Å². The van der Waals surface area contributed by atoms with Crippen LogP contribution in [0.5, 0.6) is 0 Å². The fraction of sp³-hybridized carbons (Fsp3) is 0.375. The molecule has 0 unspecified atom stereocenters. The largest absolute Gasteiger partial charge is 0.339 e. The van der Waals surface area contributed by atoms with Gasteiger partial charge >= 0.3 is 0 Å². The third-order valence-corrected chi connectivity index (χ3v) is 7.58. The molecule has 0 bridgehead atoms. The third-order valence-electron chi connectivity index (χ3n) is 5.71. The van der Waals surface area contributed by atoms with E-state index in [2.05, 4.69) is 5.32 Å². The second kappa shape index (κ2) is 10.2. The normalized spacial score (nSPS) is 15.1. The van der Waals surface area contributed by atoms with E-state index < -0.39 is 27.0 Å². The molecular formula is C24H29N3O5S. The molecule has 176 valence electrons. The van der Waals surface area contributed by atoms with Crippen LogP contribution in [0, 0.1) is 13.8 Å². The average molecular weight is 472 g/mol. The van der Waals surface area contributed by atoms with Crippen LogP contribution in [0.15, 0.2) is 53.4 Å². The summed E-state index contributed by atoms with van der Waals surface area (Å²) in [4.78, 5) is 41.2. The fourth-order valence-corrected chi connectivity index (χ4v) is 5.07. The summed E-state index contributed by atoms with van der Waals surface area (Å²) in [5.41, 5.74) is 2.08. The maximum Gasteiger partial charge on any atom is 0.261 e. The molecule has 3 amide bonds. The Balaban J connectivity index is 1.88. The number of hydrogen-bond donors (Lipinski definition) is 1. The molecule has 0 radical (unpaired) electrons. The first kappa shape index (κ1) is 24.4. The zero-order chi connectivity index (χ0) is 24.2. The van der Waals surface area contributed by atoms with E-state index in [-0.39, 0.29) is 29.5 Å². The summed E-state index contributed by atoms with van der Waals surface area (Å²) >= 11 is 0. The van der Waals surface area contributed by atoms with Crippen molar-refractivity contribution in [3.05, 3.63) is 65.2 Å². The molecule has 1 heterocycles. The van der Waals surface area contributed by atoms with Gasteiger partial charge in [0.05, 0.1) is 4.90 Å². The van der Waals surface area contributed by atoms with E-state index in [0.29, 0.717) is 19.5 Å². The van der Waals surface area contributed by atoms with Crippen molar-refractivity contribution < 1.29 is 22.8 Å². The van der Waals surface area contributed by atoms with Crippen molar-refractivity contribution in [3.8, 4) is 0 Å². The number of nitrogens with zero attached hydrogens (tertiary/aromatic N) is 2. The van der Waals surface area contributed by atoms with Gasteiger partial charge in [-0.1, -0.05) is 42.3 Å². The molecule has 9 heteroatoms. The highest BCUT2D eigenvalue weighted by molar-refractivity contribution is 7.92. The molecule has 3 rings (SSSR count). The average Bonchev–Trinajstić information content (AvgIpc) is 2.82. The first-order valence-electron chi connectivity index (χ1n) is 10.9. The highest BCUT2D eigenvalue weighted by Crippen LogP contribution is 2.19. The lowest BCUT2D eigenvalue weighted by atomic mass is 10.1. The minimum atomic E-state index is -4.22. The number of rotatable bonds is 6. The van der Waals surface area contributed by atoms with Gasteiger partial charge in [-0.2, -0.15) is 0 Å². The van der Waals surface area contributed by atoms with Crippen molar-refractivity contribution in [1.82, 2.24) is 15.1 Å². The summed E-state index contributed by atoms with van der Waals surface area (Å²) in [6.45, 7) is 6.51. The highest BCUT2D eigenvalue weighted by Gasteiger charge is 2.39. The van der Waals surface area contributed by atoms with Crippen LogP contribution in [-0.2, 0) is 19.4 Å². The molecule has 1 fully saturated rings. The Hall–Kier alpha value is -3.20. The van der Waals surface area contributed by atoms with Gasteiger partial charge < -0.3 is 15.1 Å². The summed E-state index contributed by atoms with van der Waals surface area (Å²) in [6.07, 6.45) is 0.366. The smallest absolute Gasteiger partial charge is 0.261 e. The number of aryl methyl sites for hydroxylation is 2. The number of carbonyl (C=O) groups excluding carboxylic acids is 3. The zero-order valence-electron chi connectivity index (χ0n) is 19.1. The van der Waals surface area contributed by atoms with Crippen LogP contribution < -0.4 is 5.32 Å². The Kier molecular flexibility index (Phi) is 7.53. The van der Waals surface area contributed by atoms with Gasteiger partial charge in [-0.05, 0) is 38.1 Å². The standard InChI is InChI=1S/C24H29N3O5S/c1-4-21(28)26-13-15-27(16-14-26)24(30)23(25-22(29)19-9-5-17(2)6-10-19)33(31,32)20-11-7-18(3)8-12-20/h5-12,23H,4,13-16H2,1-3H3,(H,25,29)/t23-/m0/s1. The maximum absolute atomic E-state index is 13.4. The topological polar surface area (TPSA) is 104 Å². The molecule has 2 aromatic rings. The molecule has 1 aliphatic heterocycles. The quantitative estimate of drug-likeness (QED) is 0.693. The number of amides is 3. The van der Waals surface area contributed by atoms with Crippen LogP contribution >= 0.6 is 0 Å². The summed E-state index contributed by atoms with van der Waals surface area (Å²) in [6, 6.07) is 12.8. The first-order valence-corrected chi connectivity index (χ1v) is 12.4. The minimum Gasteiger partial charge on any atom is -0.339 e. The molecular weight excluding hydrogens is 442 g/mol. The SMILES string of the molecule is CCC(=O)N1CCN(C(=O)[C@@H](NC(=O)c2ccc(C)cc2)S(=O)(=O)c2ccc(C)cc2)CC1. The Morgan fingerprint density at radius 3 is 1.85 bits per heavy atom. The molecule has 0 saturated carbocycles. The van der Waals surface area contributed by atoms with E-state index in [9.17, 15) is 22.8 Å². The Morgan fingerprint density at radius 2 is 1.33 bits per heavy atom. The lowest BCUT2D eigenvalue weighted by molar-refractivity contribution is -0.139. The minimum absolute atomic E-state index is 0.0152. The number of piperazine rings is 1. The van der Waals surface area contributed by atoms with Crippen molar-refractivity contribution in [2.75, 3.05) is 26.2 Å². The molecule has 1 saturated heterocycles. The molecule has 1 aliphatic rings. The zero-order valence-corrected chi connectivity index (χ0v) is 19.9. The number of carbonyl (C=O) groups is 3. The summed E-state index contributed by atoms with van der Waals surface area (Å²) in [5, 5.41) is 0.674. The first-order chi connectivity index (χ1) is 15.6. The summed E-state index contributed by atoms with van der Waals surface area (Å²) < 4.78 is 26.9. The lowest BCUT2D eigenvalue weighted by Crippen LogP contribution is -2.57. The maximum atomic E-state index is 13.4. The predicted molar refractivity (Wildman–Crippen MR) is 124 cm³/mol. The summed E-state index contributed by atoms with van der Waals surface area (Å²) in [7, 11) is -4.22. The van der Waals surface area contributed by atoms with Gasteiger partial charge in [0.1, 0.15) is 0 Å². The molecule has 0 aromatic heterocycles. The van der Waals surface area contributed by atoms with Crippen molar-refractivity contribution >= 4 is 27.6 Å². The fourth-order valence-electron chi connectivity index (χ4n) is 3.61. The van der Waals surface area contributed by atoms with Gasteiger partial charge in [0.2, 0.25) is 21.1 Å². The molecule has 33 heavy (non-hydrogen) atoms. The van der Waals surface area contributed by atoms with Crippen LogP contribution in [0.2, 0.25) is 0 Å². The van der Waals surface area contributed by atoms with Crippen molar-refractivity contribution in [3.63, 3.8) is 0 Å². The number of nitrogens with one attached hydrogen (secondary N) is 1. The Labute approximate surface area is 194 Å². The number of sulfone groups is 1. The van der Waals surface area contributed by atoms with Crippen molar-refractivity contribution in [1.29, 1.82) is 0 Å². The van der Waals surface area contributed by atoms with E-state index >= 15 is 0 Å². The molecule has 2 aromatic carbocycles. The number of hydrogen-bond acceptors (Lipinski definition) is 5. The molecule has 0 spiro atoms. The van der Waals surface area contributed by atoms with E-state index in [4.69, 9.17) is 0 Å². The summed E-state index contributed by atoms with van der Waals surface area (Å²) in [5.74, 6) is -1.37. The van der Waals surface area contributed by atoms with E-state index in [1.54, 1.807) is 48.2 Å². The van der Waals surface area contributed by atoms with Crippen LogP contribution in [0.25, 0.3) is 0 Å². The predicted octanol–water partition coefficient (Wildman–Crippen LogP) is 1.91. The van der Waals surface area contributed by atoms with E-state index in [0.717, 1.165) is 11.1 Å². The van der Waals surface area contributed by atoms with E-state index in [1.165, 1.54) is 17.0 Å². The van der Waals surface area contributed by atoms with Gasteiger partial charge in [0, 0.05) is 38.2 Å². The second-order valence-corrected chi connectivity index (χ2v) is 10.2. The van der Waals surface area contributed by atoms with E-state index in [1.807, 2.05) is 13.8 Å². The van der Waals surface area contributed by atoms with Gasteiger partial charge in [-0.15, -0.1) is 0 Å². The third kappa shape index (κ3) is 5.60. The van der Waals surface area contributed by atoms with Gasteiger partial charge in [-0.3, -0.25) is 14.4 Å². The molecule has 8 nitrogen and oxygen atoms in total. The molecule has 0 aliphatic carbocycles. The van der Waals surface area contributed by atoms with Crippen LogP contribution in [0.4, 0.5) is 0 Å². The molecule has 1 N–H and O–H groups in total.